The first-order chi connectivity index (χ1) is 10.8. The second kappa shape index (κ2) is 7.25. The second-order valence-electron chi connectivity index (χ2n) is 5.45. The normalized spacial score (nSPS) is 11.4. The Balaban J connectivity index is 1.90. The molecule has 2 aromatic rings. The van der Waals surface area contributed by atoms with Crippen molar-refractivity contribution in [3.63, 3.8) is 0 Å². The van der Waals surface area contributed by atoms with Crippen LogP contribution in [0.25, 0.3) is 0 Å². The van der Waals surface area contributed by atoms with Gasteiger partial charge in [0.05, 0.1) is 0 Å². The van der Waals surface area contributed by atoms with Crippen LogP contribution < -0.4 is 10.5 Å². The van der Waals surface area contributed by atoms with Crippen molar-refractivity contribution in [2.24, 2.45) is 5.14 Å². The first-order valence-corrected chi connectivity index (χ1v) is 9.66. The fourth-order valence-corrected chi connectivity index (χ4v) is 4.27. The minimum absolute atomic E-state index is 0.116. The number of sulfonamides is 1. The Morgan fingerprint density at radius 3 is 2.65 bits per heavy atom. The summed E-state index contributed by atoms with van der Waals surface area (Å²) in [4.78, 5) is 12.1. The highest BCUT2D eigenvalue weighted by molar-refractivity contribution is 7.89. The lowest BCUT2D eigenvalue weighted by atomic mass is 10.0. The Kier molecular flexibility index (Phi) is 5.56. The standard InChI is InChI=1S/C16H20N2O3S2/c1-11-5-6-13(12(2)10-11)4-3-8-18-16(19)15-14(7-9-22-15)23(17,20)21/h5-7,9-10H,3-4,8H2,1-2H3,(H,18,19)(H2,17,20,21). The van der Waals surface area contributed by atoms with E-state index in [0.717, 1.165) is 24.2 Å². The van der Waals surface area contributed by atoms with Crippen LogP contribution in [0.5, 0.6) is 0 Å². The fraction of sp³-hybridized carbons (Fsp3) is 0.312. The van der Waals surface area contributed by atoms with Crippen molar-refractivity contribution in [1.29, 1.82) is 0 Å². The van der Waals surface area contributed by atoms with Crippen LogP contribution in [0, 0.1) is 13.8 Å². The number of carbonyl (C=O) groups excluding carboxylic acids is 1. The summed E-state index contributed by atoms with van der Waals surface area (Å²) in [6.07, 6.45) is 1.64. The zero-order chi connectivity index (χ0) is 17.0. The van der Waals surface area contributed by atoms with Crippen LogP contribution in [0.1, 0.15) is 32.8 Å². The molecule has 3 N–H and O–H groups in total. The molecule has 0 aliphatic carbocycles. The van der Waals surface area contributed by atoms with Gasteiger partial charge in [-0.15, -0.1) is 11.3 Å². The molecule has 5 nitrogen and oxygen atoms in total. The molecule has 1 heterocycles. The van der Waals surface area contributed by atoms with Crippen molar-refractivity contribution in [1.82, 2.24) is 5.32 Å². The summed E-state index contributed by atoms with van der Waals surface area (Å²) < 4.78 is 22.8. The molecule has 7 heteroatoms. The number of hydrogen-bond acceptors (Lipinski definition) is 4. The van der Waals surface area contributed by atoms with Crippen molar-refractivity contribution >= 4 is 27.3 Å². The van der Waals surface area contributed by atoms with Gasteiger partial charge in [0, 0.05) is 6.54 Å². The van der Waals surface area contributed by atoms with Crippen LogP contribution in [0.2, 0.25) is 0 Å². The average Bonchev–Trinajstić information content (AvgIpc) is 2.94. The van der Waals surface area contributed by atoms with E-state index in [1.807, 2.05) is 0 Å². The van der Waals surface area contributed by atoms with Gasteiger partial charge in [-0.25, -0.2) is 13.6 Å². The Morgan fingerprint density at radius 2 is 2.00 bits per heavy atom. The first kappa shape index (κ1) is 17.7. The SMILES string of the molecule is Cc1ccc(CCCNC(=O)c2sccc2S(N)(=O)=O)c(C)c1. The topological polar surface area (TPSA) is 89.3 Å². The van der Waals surface area contributed by atoms with E-state index in [4.69, 9.17) is 5.14 Å². The number of carbonyl (C=O) groups is 1. The number of benzene rings is 1. The second-order valence-corrected chi connectivity index (χ2v) is 7.89. The van der Waals surface area contributed by atoms with E-state index in [1.54, 1.807) is 5.38 Å². The molecule has 1 amide bonds. The third-order valence-corrected chi connectivity index (χ3v) is 5.54. The zero-order valence-electron chi connectivity index (χ0n) is 13.1. The number of hydrogen-bond donors (Lipinski definition) is 2. The van der Waals surface area contributed by atoms with Gasteiger partial charge in [-0.1, -0.05) is 23.8 Å². The highest BCUT2D eigenvalue weighted by Crippen LogP contribution is 2.20. The van der Waals surface area contributed by atoms with Gasteiger partial charge in [0.1, 0.15) is 9.77 Å². The number of nitrogens with one attached hydrogen (secondary N) is 1. The lowest BCUT2D eigenvalue weighted by Gasteiger charge is -2.08. The minimum atomic E-state index is -3.87. The Hall–Kier alpha value is -1.70. The molecular weight excluding hydrogens is 332 g/mol. The molecule has 0 radical (unpaired) electrons. The third-order valence-electron chi connectivity index (χ3n) is 3.55. The molecule has 124 valence electrons. The zero-order valence-corrected chi connectivity index (χ0v) is 14.8. The van der Waals surface area contributed by atoms with Gasteiger partial charge in [0.15, 0.2) is 0 Å². The van der Waals surface area contributed by atoms with E-state index in [0.29, 0.717) is 6.54 Å². The maximum atomic E-state index is 12.1. The number of rotatable bonds is 6. The molecule has 0 atom stereocenters. The molecule has 0 spiro atoms. The van der Waals surface area contributed by atoms with Gasteiger partial charge in [0.2, 0.25) is 10.0 Å². The molecule has 0 saturated carbocycles. The monoisotopic (exact) mass is 352 g/mol. The molecule has 2 rings (SSSR count). The molecule has 1 aromatic carbocycles. The average molecular weight is 352 g/mol. The van der Waals surface area contributed by atoms with E-state index in [-0.39, 0.29) is 9.77 Å². The molecule has 0 fully saturated rings. The summed E-state index contributed by atoms with van der Waals surface area (Å²) in [7, 11) is -3.87. The van der Waals surface area contributed by atoms with Crippen LogP contribution >= 0.6 is 11.3 Å². The maximum Gasteiger partial charge on any atom is 0.262 e. The first-order valence-electron chi connectivity index (χ1n) is 7.23. The predicted octanol–water partition coefficient (Wildman–Crippen LogP) is 2.37. The van der Waals surface area contributed by atoms with Crippen LogP contribution in [-0.2, 0) is 16.4 Å². The van der Waals surface area contributed by atoms with Crippen LogP contribution in [0.4, 0.5) is 0 Å². The summed E-state index contributed by atoms with van der Waals surface area (Å²) >= 11 is 1.07. The number of primary sulfonamides is 1. The molecule has 0 bridgehead atoms. The summed E-state index contributed by atoms with van der Waals surface area (Å²) in [5, 5.41) is 9.39. The fourth-order valence-electron chi connectivity index (χ4n) is 2.37. The van der Waals surface area contributed by atoms with E-state index >= 15 is 0 Å². The van der Waals surface area contributed by atoms with Gasteiger partial charge >= 0.3 is 0 Å². The Labute approximate surface area is 140 Å². The van der Waals surface area contributed by atoms with Crippen molar-refractivity contribution in [2.45, 2.75) is 31.6 Å². The van der Waals surface area contributed by atoms with E-state index in [2.05, 4.69) is 37.4 Å². The van der Waals surface area contributed by atoms with Crippen LogP contribution in [0.3, 0.4) is 0 Å². The number of nitrogens with two attached hydrogens (primary N) is 1. The molecule has 0 aliphatic heterocycles. The largest absolute Gasteiger partial charge is 0.351 e. The summed E-state index contributed by atoms with van der Waals surface area (Å²) in [6.45, 7) is 4.61. The quantitative estimate of drug-likeness (QED) is 0.782. The number of aryl methyl sites for hydroxylation is 3. The van der Waals surface area contributed by atoms with Crippen molar-refractivity contribution in [3.05, 3.63) is 51.2 Å². The van der Waals surface area contributed by atoms with Crippen molar-refractivity contribution < 1.29 is 13.2 Å². The summed E-state index contributed by atoms with van der Waals surface area (Å²) in [5.41, 5.74) is 3.73. The van der Waals surface area contributed by atoms with Gasteiger partial charge in [-0.3, -0.25) is 4.79 Å². The minimum Gasteiger partial charge on any atom is -0.351 e. The van der Waals surface area contributed by atoms with Crippen LogP contribution in [-0.4, -0.2) is 20.9 Å². The van der Waals surface area contributed by atoms with Gasteiger partial charge in [0.25, 0.3) is 5.91 Å². The molecule has 0 unspecified atom stereocenters. The predicted molar refractivity (Wildman–Crippen MR) is 92.3 cm³/mol. The lowest BCUT2D eigenvalue weighted by molar-refractivity contribution is 0.0954. The molecular formula is C16H20N2O3S2. The number of thiophene rings is 1. The molecule has 0 aliphatic rings. The smallest absolute Gasteiger partial charge is 0.262 e. The Morgan fingerprint density at radius 1 is 1.26 bits per heavy atom. The van der Waals surface area contributed by atoms with Gasteiger partial charge in [-0.2, -0.15) is 0 Å². The molecule has 1 aromatic heterocycles. The van der Waals surface area contributed by atoms with Crippen molar-refractivity contribution in [3.8, 4) is 0 Å². The summed E-state index contributed by atoms with van der Waals surface area (Å²) in [6, 6.07) is 7.67. The Bertz CT molecular complexity index is 810. The van der Waals surface area contributed by atoms with Gasteiger partial charge < -0.3 is 5.32 Å². The van der Waals surface area contributed by atoms with E-state index in [9.17, 15) is 13.2 Å². The number of amides is 1. The van der Waals surface area contributed by atoms with Crippen molar-refractivity contribution in [2.75, 3.05) is 6.54 Å². The van der Waals surface area contributed by atoms with E-state index in [1.165, 1.54) is 22.8 Å². The molecule has 0 saturated heterocycles. The third kappa shape index (κ3) is 4.63. The highest BCUT2D eigenvalue weighted by Gasteiger charge is 2.20. The van der Waals surface area contributed by atoms with Crippen LogP contribution in [0.15, 0.2) is 34.5 Å². The maximum absolute atomic E-state index is 12.1. The van der Waals surface area contributed by atoms with Gasteiger partial charge in [-0.05, 0) is 49.3 Å². The highest BCUT2D eigenvalue weighted by atomic mass is 32.2. The molecule has 23 heavy (non-hydrogen) atoms. The lowest BCUT2D eigenvalue weighted by Crippen LogP contribution is -2.26. The summed E-state index contributed by atoms with van der Waals surface area (Å²) in [5.74, 6) is -0.398. The van der Waals surface area contributed by atoms with E-state index < -0.39 is 15.9 Å².